The van der Waals surface area contributed by atoms with Crippen molar-refractivity contribution in [1.29, 1.82) is 0 Å². The Morgan fingerprint density at radius 1 is 1.28 bits per heavy atom. The summed E-state index contributed by atoms with van der Waals surface area (Å²) < 4.78 is 31.3. The highest BCUT2D eigenvalue weighted by atomic mass is 32.2. The first-order valence-corrected chi connectivity index (χ1v) is 11.3. The fraction of sp³-hybridized carbons (Fsp3) is 0.250. The first kappa shape index (κ1) is 18.3. The molecule has 2 aliphatic rings. The van der Waals surface area contributed by atoms with E-state index in [4.69, 9.17) is 12.2 Å². The molecular formula is C20H19N5O2S2. The second kappa shape index (κ2) is 6.64. The number of hydrogen-bond acceptors (Lipinski definition) is 5. The topological polar surface area (TPSA) is 82.8 Å². The highest BCUT2D eigenvalue weighted by Gasteiger charge is 2.30. The van der Waals surface area contributed by atoms with Gasteiger partial charge >= 0.3 is 0 Å². The van der Waals surface area contributed by atoms with Crippen molar-refractivity contribution in [2.75, 3.05) is 7.05 Å². The molecule has 2 heterocycles. The number of nitrogens with zero attached hydrogens (tertiary/aromatic N) is 4. The summed E-state index contributed by atoms with van der Waals surface area (Å²) in [6.45, 7) is 0. The van der Waals surface area contributed by atoms with Crippen molar-refractivity contribution in [3.63, 3.8) is 0 Å². The zero-order chi connectivity index (χ0) is 20.2. The molecule has 0 saturated heterocycles. The lowest BCUT2D eigenvalue weighted by atomic mass is 9.93. The summed E-state index contributed by atoms with van der Waals surface area (Å²) in [7, 11) is -1.97. The molecule has 2 aromatic carbocycles. The van der Waals surface area contributed by atoms with E-state index in [1.54, 1.807) is 37.5 Å². The van der Waals surface area contributed by atoms with Gasteiger partial charge in [0.25, 0.3) is 10.0 Å². The van der Waals surface area contributed by atoms with E-state index in [0.29, 0.717) is 17.4 Å². The molecule has 0 radical (unpaired) electrons. The monoisotopic (exact) mass is 425 g/mol. The van der Waals surface area contributed by atoms with E-state index >= 15 is 0 Å². The van der Waals surface area contributed by atoms with Crippen LogP contribution in [0.2, 0.25) is 0 Å². The molecule has 1 aromatic heterocycles. The number of nitrogens with one attached hydrogen (secondary N) is 1. The molecule has 1 saturated carbocycles. The van der Waals surface area contributed by atoms with E-state index in [0.717, 1.165) is 34.2 Å². The number of hydrazone groups is 1. The number of fused-ring (bicyclic) bond motifs is 2. The average Bonchev–Trinajstić information content (AvgIpc) is 3.13. The van der Waals surface area contributed by atoms with Gasteiger partial charge in [-0.25, -0.2) is 5.01 Å². The summed E-state index contributed by atoms with van der Waals surface area (Å²) in [5.41, 5.74) is 3.54. The SMILES string of the molecule is CN(/N=C/c1ccc2[nH]c(=S)n(C3CCC3)c2c1)C1=NS(=O)(=O)c2ccccc21. The Labute approximate surface area is 173 Å². The van der Waals surface area contributed by atoms with Crippen molar-refractivity contribution in [3.8, 4) is 0 Å². The lowest BCUT2D eigenvalue weighted by Crippen LogP contribution is -2.21. The van der Waals surface area contributed by atoms with Crippen LogP contribution in [0.25, 0.3) is 11.0 Å². The molecule has 1 N–H and O–H groups in total. The van der Waals surface area contributed by atoms with E-state index in [1.165, 1.54) is 11.4 Å². The molecule has 1 fully saturated rings. The highest BCUT2D eigenvalue weighted by molar-refractivity contribution is 7.90. The number of H-pyrrole nitrogens is 1. The molecular weight excluding hydrogens is 406 g/mol. The number of imidazole rings is 1. The third kappa shape index (κ3) is 3.01. The molecule has 0 unspecified atom stereocenters. The molecule has 29 heavy (non-hydrogen) atoms. The molecule has 0 atom stereocenters. The van der Waals surface area contributed by atoms with Crippen LogP contribution in [0.1, 0.15) is 36.4 Å². The summed E-state index contributed by atoms with van der Waals surface area (Å²) in [6, 6.07) is 13.2. The fourth-order valence-electron chi connectivity index (χ4n) is 3.76. The van der Waals surface area contributed by atoms with Gasteiger partial charge in [0.15, 0.2) is 10.6 Å². The Morgan fingerprint density at radius 2 is 2.07 bits per heavy atom. The minimum atomic E-state index is -3.67. The molecule has 0 amide bonds. The van der Waals surface area contributed by atoms with Crippen molar-refractivity contribution in [2.45, 2.75) is 30.2 Å². The average molecular weight is 426 g/mol. The van der Waals surface area contributed by atoms with Gasteiger partial charge < -0.3 is 9.55 Å². The summed E-state index contributed by atoms with van der Waals surface area (Å²) in [6.07, 6.45) is 5.24. The van der Waals surface area contributed by atoms with Gasteiger partial charge in [0, 0.05) is 18.7 Å². The van der Waals surface area contributed by atoms with Crippen LogP contribution in [0.5, 0.6) is 0 Å². The first-order valence-electron chi connectivity index (χ1n) is 9.40. The second-order valence-electron chi connectivity index (χ2n) is 7.32. The minimum absolute atomic E-state index is 0.213. The van der Waals surface area contributed by atoms with Crippen LogP contribution in [0, 0.1) is 4.77 Å². The highest BCUT2D eigenvalue weighted by Crippen LogP contribution is 2.34. The minimum Gasteiger partial charge on any atom is -0.331 e. The summed E-state index contributed by atoms with van der Waals surface area (Å²) in [5, 5.41) is 5.92. The number of aromatic amines is 1. The molecule has 0 bridgehead atoms. The predicted octanol–water partition coefficient (Wildman–Crippen LogP) is 3.84. The molecule has 1 aliphatic carbocycles. The number of rotatable bonds is 3. The Balaban J connectivity index is 1.47. The zero-order valence-electron chi connectivity index (χ0n) is 15.7. The van der Waals surface area contributed by atoms with Crippen molar-refractivity contribution >= 4 is 45.3 Å². The Morgan fingerprint density at radius 3 is 2.83 bits per heavy atom. The van der Waals surface area contributed by atoms with E-state index in [-0.39, 0.29) is 4.90 Å². The maximum Gasteiger partial charge on any atom is 0.285 e. The fourth-order valence-corrected chi connectivity index (χ4v) is 5.34. The van der Waals surface area contributed by atoms with Crippen molar-refractivity contribution in [3.05, 3.63) is 58.4 Å². The standard InChI is InChI=1S/C20H19N5O2S2/c1-24(19-15-7-2-3-8-18(15)29(26,27)23-19)21-12-13-9-10-16-17(11-13)25(20(28)22-16)14-5-4-6-14/h2-3,7-12,14H,4-6H2,1H3,(H,22,28)/b21-12+. The molecule has 0 spiro atoms. The van der Waals surface area contributed by atoms with Crippen molar-refractivity contribution in [2.24, 2.45) is 9.50 Å². The summed E-state index contributed by atoms with van der Waals surface area (Å²) in [5.74, 6) is 0.317. The third-order valence-corrected chi connectivity index (χ3v) is 7.10. The maximum atomic E-state index is 12.2. The zero-order valence-corrected chi connectivity index (χ0v) is 17.4. The number of aromatic nitrogens is 2. The Bertz CT molecular complexity index is 1350. The van der Waals surface area contributed by atoms with Crippen LogP contribution in [0.4, 0.5) is 0 Å². The van der Waals surface area contributed by atoms with Crippen LogP contribution >= 0.6 is 12.2 Å². The normalized spacial score (nSPS) is 18.0. The van der Waals surface area contributed by atoms with Gasteiger partial charge in [0.2, 0.25) is 0 Å². The van der Waals surface area contributed by atoms with Gasteiger partial charge in [-0.05, 0) is 61.3 Å². The molecule has 5 rings (SSSR count). The quantitative estimate of drug-likeness (QED) is 0.393. The molecule has 1 aliphatic heterocycles. The largest absolute Gasteiger partial charge is 0.331 e. The smallest absolute Gasteiger partial charge is 0.285 e. The van der Waals surface area contributed by atoms with E-state index < -0.39 is 10.0 Å². The van der Waals surface area contributed by atoms with Crippen molar-refractivity contribution in [1.82, 2.24) is 14.6 Å². The molecule has 148 valence electrons. The van der Waals surface area contributed by atoms with Crippen LogP contribution < -0.4 is 0 Å². The third-order valence-electron chi connectivity index (χ3n) is 5.48. The van der Waals surface area contributed by atoms with Gasteiger partial charge in [0.1, 0.15) is 4.90 Å². The van der Waals surface area contributed by atoms with Crippen molar-refractivity contribution < 1.29 is 8.42 Å². The number of amidine groups is 1. The Hall–Kier alpha value is -2.78. The first-order chi connectivity index (χ1) is 13.9. The van der Waals surface area contributed by atoms with Gasteiger partial charge in [0.05, 0.1) is 17.2 Å². The van der Waals surface area contributed by atoms with Gasteiger partial charge in [-0.15, -0.1) is 4.40 Å². The van der Waals surface area contributed by atoms with Gasteiger partial charge in [-0.1, -0.05) is 18.2 Å². The summed E-state index contributed by atoms with van der Waals surface area (Å²) >= 11 is 5.50. The van der Waals surface area contributed by atoms with Crippen LogP contribution in [0.3, 0.4) is 0 Å². The van der Waals surface area contributed by atoms with E-state index in [1.807, 2.05) is 12.1 Å². The molecule has 7 nitrogen and oxygen atoms in total. The van der Waals surface area contributed by atoms with E-state index in [2.05, 4.69) is 25.1 Å². The number of sulfonamides is 1. The second-order valence-corrected chi connectivity index (χ2v) is 9.27. The maximum absolute atomic E-state index is 12.2. The Kier molecular flexibility index (Phi) is 4.18. The summed E-state index contributed by atoms with van der Waals surface area (Å²) in [4.78, 5) is 3.48. The van der Waals surface area contributed by atoms with Crippen LogP contribution in [-0.4, -0.2) is 42.1 Å². The number of hydrogen-bond donors (Lipinski definition) is 1. The predicted molar refractivity (Wildman–Crippen MR) is 116 cm³/mol. The lowest BCUT2D eigenvalue weighted by molar-refractivity contribution is 0.318. The van der Waals surface area contributed by atoms with Crippen LogP contribution in [0.15, 0.2) is 56.9 Å². The lowest BCUT2D eigenvalue weighted by Gasteiger charge is -2.27. The van der Waals surface area contributed by atoms with Crippen LogP contribution in [-0.2, 0) is 10.0 Å². The molecule has 9 heteroatoms. The van der Waals surface area contributed by atoms with Gasteiger partial charge in [-0.2, -0.15) is 13.5 Å². The molecule has 3 aromatic rings. The van der Waals surface area contributed by atoms with Gasteiger partial charge in [-0.3, -0.25) is 0 Å². The van der Waals surface area contributed by atoms with E-state index in [9.17, 15) is 8.42 Å². The number of benzene rings is 2.